The lowest BCUT2D eigenvalue weighted by Crippen LogP contribution is -2.09. The average Bonchev–Trinajstić information content (AvgIpc) is 2.83. The van der Waals surface area contributed by atoms with Crippen molar-refractivity contribution in [2.24, 2.45) is 0 Å². The summed E-state index contributed by atoms with van der Waals surface area (Å²) in [6.45, 7) is 0.665. The zero-order chi connectivity index (χ0) is 24.1. The molecule has 2 rings (SSSR count). The molecule has 0 aliphatic rings. The van der Waals surface area contributed by atoms with Gasteiger partial charge in [-0.1, -0.05) is 0 Å². The van der Waals surface area contributed by atoms with Crippen molar-refractivity contribution in [3.63, 3.8) is 0 Å². The van der Waals surface area contributed by atoms with E-state index in [1.165, 1.54) is 48.5 Å². The topological polar surface area (TPSA) is 127 Å². The highest BCUT2D eigenvalue weighted by atomic mass is 32.2. The van der Waals surface area contributed by atoms with E-state index in [0.29, 0.717) is 25.7 Å². The number of esters is 2. The summed E-state index contributed by atoms with van der Waals surface area (Å²) >= 11 is 0. The van der Waals surface area contributed by atoms with Gasteiger partial charge in [-0.3, -0.25) is 0 Å². The zero-order valence-electron chi connectivity index (χ0n) is 18.4. The minimum Gasteiger partial charge on any atom is -0.462 e. The van der Waals surface area contributed by atoms with Crippen molar-refractivity contribution in [1.82, 2.24) is 0 Å². The third kappa shape index (κ3) is 8.27. The van der Waals surface area contributed by atoms with Gasteiger partial charge in [-0.05, 0) is 87.1 Å². The van der Waals surface area contributed by atoms with E-state index in [1.54, 1.807) is 0 Å². The first-order valence-corrected chi connectivity index (χ1v) is 12.4. The summed E-state index contributed by atoms with van der Waals surface area (Å²) < 4.78 is 36.0. The maximum atomic E-state index is 12.9. The van der Waals surface area contributed by atoms with Gasteiger partial charge < -0.3 is 19.7 Å². The van der Waals surface area contributed by atoms with Gasteiger partial charge in [0.25, 0.3) is 0 Å². The summed E-state index contributed by atoms with van der Waals surface area (Å²) in [6, 6.07) is 10.9. The Bertz CT molecular complexity index is 907. The Hall–Kier alpha value is -2.75. The molecular weight excluding hydrogens is 448 g/mol. The average molecular weight is 479 g/mol. The predicted octanol–water partition coefficient (Wildman–Crippen LogP) is 3.16. The van der Waals surface area contributed by atoms with Crippen molar-refractivity contribution in [2.45, 2.75) is 48.3 Å². The molecule has 9 heteroatoms. The standard InChI is InChI=1S/C24H30O8S/c25-15-3-1-5-17-31-23(27)19-7-11-21(12-8-19)33(29,30)22-13-9-20(10-14-22)24(28)32-18-6-2-4-16-26/h7-14,25-26H,1-6,15-18H2. The second-order valence-electron chi connectivity index (χ2n) is 7.39. The Morgan fingerprint density at radius 1 is 0.606 bits per heavy atom. The van der Waals surface area contributed by atoms with Crippen LogP contribution in [0.2, 0.25) is 0 Å². The Labute approximate surface area is 194 Å². The van der Waals surface area contributed by atoms with Gasteiger partial charge in [0, 0.05) is 13.2 Å². The van der Waals surface area contributed by atoms with Crippen LogP contribution in [-0.2, 0) is 19.3 Å². The number of carbonyl (C=O) groups is 2. The van der Waals surface area contributed by atoms with Gasteiger partial charge >= 0.3 is 11.9 Å². The monoisotopic (exact) mass is 478 g/mol. The van der Waals surface area contributed by atoms with Crippen molar-refractivity contribution in [1.29, 1.82) is 0 Å². The third-order valence-electron chi connectivity index (χ3n) is 4.87. The molecule has 0 fully saturated rings. The van der Waals surface area contributed by atoms with E-state index in [9.17, 15) is 18.0 Å². The zero-order valence-corrected chi connectivity index (χ0v) is 19.3. The number of unbranched alkanes of at least 4 members (excludes halogenated alkanes) is 4. The first kappa shape index (κ1) is 26.5. The molecule has 0 aliphatic heterocycles. The molecule has 0 radical (unpaired) electrons. The van der Waals surface area contributed by atoms with Crippen molar-refractivity contribution < 1.29 is 37.7 Å². The summed E-state index contributed by atoms with van der Waals surface area (Å²) in [6.07, 6.45) is 4.09. The van der Waals surface area contributed by atoms with Crippen LogP contribution in [0.25, 0.3) is 0 Å². The van der Waals surface area contributed by atoms with Crippen LogP contribution in [0.15, 0.2) is 58.3 Å². The number of rotatable bonds is 14. The fraction of sp³-hybridized carbons (Fsp3) is 0.417. The molecule has 0 spiro atoms. The van der Waals surface area contributed by atoms with Gasteiger partial charge in [0.05, 0.1) is 34.1 Å². The van der Waals surface area contributed by atoms with Crippen molar-refractivity contribution in [3.8, 4) is 0 Å². The number of sulfone groups is 1. The first-order chi connectivity index (χ1) is 15.9. The van der Waals surface area contributed by atoms with E-state index in [2.05, 4.69) is 0 Å². The molecular formula is C24H30O8S. The highest BCUT2D eigenvalue weighted by Crippen LogP contribution is 2.22. The van der Waals surface area contributed by atoms with Gasteiger partial charge in [-0.2, -0.15) is 0 Å². The van der Waals surface area contributed by atoms with E-state index < -0.39 is 21.8 Å². The number of benzene rings is 2. The summed E-state index contributed by atoms with van der Waals surface area (Å²) in [5.74, 6) is -1.08. The molecule has 0 unspecified atom stereocenters. The SMILES string of the molecule is O=C(OCCCCCO)c1ccc(S(=O)(=O)c2ccc(C(=O)OCCCCCO)cc2)cc1. The number of hydrogen-bond donors (Lipinski definition) is 2. The summed E-state index contributed by atoms with van der Waals surface area (Å²) in [5.41, 5.74) is 0.487. The molecule has 180 valence electrons. The van der Waals surface area contributed by atoms with Crippen LogP contribution in [0.3, 0.4) is 0 Å². The van der Waals surface area contributed by atoms with Crippen LogP contribution in [0.4, 0.5) is 0 Å². The maximum absolute atomic E-state index is 12.9. The van der Waals surface area contributed by atoms with Crippen LogP contribution >= 0.6 is 0 Å². The molecule has 0 amide bonds. The van der Waals surface area contributed by atoms with Gasteiger partial charge in [0.2, 0.25) is 9.84 Å². The van der Waals surface area contributed by atoms with Crippen molar-refractivity contribution >= 4 is 21.8 Å². The third-order valence-corrected chi connectivity index (χ3v) is 6.66. The molecule has 2 aromatic carbocycles. The van der Waals surface area contributed by atoms with E-state index in [0.717, 1.165) is 12.8 Å². The smallest absolute Gasteiger partial charge is 0.338 e. The fourth-order valence-electron chi connectivity index (χ4n) is 2.95. The Morgan fingerprint density at radius 3 is 1.30 bits per heavy atom. The molecule has 0 aromatic heterocycles. The molecule has 33 heavy (non-hydrogen) atoms. The highest BCUT2D eigenvalue weighted by molar-refractivity contribution is 7.91. The Morgan fingerprint density at radius 2 is 0.970 bits per heavy atom. The van der Waals surface area contributed by atoms with E-state index in [1.807, 2.05) is 0 Å². The normalized spacial score (nSPS) is 11.2. The quantitative estimate of drug-likeness (QED) is 0.313. The van der Waals surface area contributed by atoms with Gasteiger partial charge in [0.15, 0.2) is 0 Å². The van der Waals surface area contributed by atoms with Crippen LogP contribution in [-0.4, -0.2) is 57.0 Å². The maximum Gasteiger partial charge on any atom is 0.338 e. The largest absolute Gasteiger partial charge is 0.462 e. The van der Waals surface area contributed by atoms with E-state index in [4.69, 9.17) is 19.7 Å². The van der Waals surface area contributed by atoms with Crippen LogP contribution in [0.5, 0.6) is 0 Å². The second kappa shape index (κ2) is 13.7. The van der Waals surface area contributed by atoms with Gasteiger partial charge in [-0.15, -0.1) is 0 Å². The minimum atomic E-state index is -3.83. The van der Waals surface area contributed by atoms with Gasteiger partial charge in [0.1, 0.15) is 0 Å². The van der Waals surface area contributed by atoms with E-state index in [-0.39, 0.29) is 47.3 Å². The predicted molar refractivity (Wildman–Crippen MR) is 121 cm³/mol. The minimum absolute atomic E-state index is 0.0150. The fourth-order valence-corrected chi connectivity index (χ4v) is 4.22. The van der Waals surface area contributed by atoms with Crippen molar-refractivity contribution in [2.75, 3.05) is 26.4 Å². The molecule has 0 atom stereocenters. The number of hydrogen-bond acceptors (Lipinski definition) is 8. The van der Waals surface area contributed by atoms with Crippen LogP contribution in [0, 0.1) is 0 Å². The molecule has 0 heterocycles. The molecule has 2 N–H and O–H groups in total. The lowest BCUT2D eigenvalue weighted by Gasteiger charge is -2.08. The summed E-state index contributed by atoms with van der Waals surface area (Å²) in [4.78, 5) is 24.2. The number of carbonyl (C=O) groups excluding carboxylic acids is 2. The summed E-state index contributed by atoms with van der Waals surface area (Å²) in [5, 5.41) is 17.5. The van der Waals surface area contributed by atoms with Gasteiger partial charge in [-0.25, -0.2) is 18.0 Å². The van der Waals surface area contributed by atoms with E-state index >= 15 is 0 Å². The Balaban J connectivity index is 1.96. The molecule has 0 saturated heterocycles. The number of ether oxygens (including phenoxy) is 2. The lowest BCUT2D eigenvalue weighted by molar-refractivity contribution is 0.0487. The first-order valence-electron chi connectivity index (χ1n) is 10.9. The molecule has 0 aliphatic carbocycles. The highest BCUT2D eigenvalue weighted by Gasteiger charge is 2.19. The van der Waals surface area contributed by atoms with Crippen LogP contribution in [0.1, 0.15) is 59.2 Å². The molecule has 8 nitrogen and oxygen atoms in total. The Kier molecular flexibility index (Phi) is 11.0. The lowest BCUT2D eigenvalue weighted by atomic mass is 10.2. The number of aliphatic hydroxyl groups excluding tert-OH is 2. The van der Waals surface area contributed by atoms with Crippen LogP contribution < -0.4 is 0 Å². The molecule has 2 aromatic rings. The molecule has 0 bridgehead atoms. The summed E-state index contributed by atoms with van der Waals surface area (Å²) in [7, 11) is -3.83. The molecule has 0 saturated carbocycles. The van der Waals surface area contributed by atoms with Crippen molar-refractivity contribution in [3.05, 3.63) is 59.7 Å². The second-order valence-corrected chi connectivity index (χ2v) is 9.34. The number of aliphatic hydroxyl groups is 2.